The van der Waals surface area contributed by atoms with Crippen LogP contribution in [0.4, 0.5) is 0 Å². The van der Waals surface area contributed by atoms with Gasteiger partial charge in [-0.1, -0.05) is 11.6 Å². The van der Waals surface area contributed by atoms with Crippen molar-refractivity contribution in [1.82, 2.24) is 19.4 Å². The van der Waals surface area contributed by atoms with Crippen molar-refractivity contribution < 1.29 is 14.3 Å². The van der Waals surface area contributed by atoms with Gasteiger partial charge in [0.05, 0.1) is 26.0 Å². The van der Waals surface area contributed by atoms with Gasteiger partial charge in [0.15, 0.2) is 0 Å². The molecule has 1 aliphatic rings. The Balaban J connectivity index is 2.07. The van der Waals surface area contributed by atoms with Crippen LogP contribution in [0, 0.1) is 0 Å². The van der Waals surface area contributed by atoms with E-state index in [2.05, 4.69) is 4.98 Å². The summed E-state index contributed by atoms with van der Waals surface area (Å²) in [5, 5.41) is 0.511. The van der Waals surface area contributed by atoms with E-state index in [4.69, 9.17) is 16.3 Å². The van der Waals surface area contributed by atoms with Gasteiger partial charge in [-0.2, -0.15) is 0 Å². The van der Waals surface area contributed by atoms with Gasteiger partial charge in [-0.05, 0) is 0 Å². The van der Waals surface area contributed by atoms with E-state index in [1.807, 2.05) is 0 Å². The number of hydrogen-bond acceptors (Lipinski definition) is 4. The smallest absolute Gasteiger partial charge is 0.247 e. The van der Waals surface area contributed by atoms with E-state index in [9.17, 15) is 9.59 Å². The zero-order valence-electron chi connectivity index (χ0n) is 12.4. The molecule has 0 aliphatic carbocycles. The third kappa shape index (κ3) is 3.36. The van der Waals surface area contributed by atoms with Crippen molar-refractivity contribution in [3.8, 4) is 0 Å². The molecule has 2 heterocycles. The van der Waals surface area contributed by atoms with E-state index in [0.717, 1.165) is 0 Å². The number of amides is 2. The van der Waals surface area contributed by atoms with Gasteiger partial charge in [-0.25, -0.2) is 4.98 Å². The minimum atomic E-state index is -0.572. The number of rotatable bonds is 3. The van der Waals surface area contributed by atoms with Crippen molar-refractivity contribution in [3.05, 3.63) is 17.2 Å². The number of morpholine rings is 1. The Morgan fingerprint density at radius 2 is 2.29 bits per heavy atom. The van der Waals surface area contributed by atoms with Crippen LogP contribution in [0.25, 0.3) is 0 Å². The molecular formula is C13H19ClN4O3. The molecule has 0 bridgehead atoms. The molecule has 1 aromatic heterocycles. The predicted octanol–water partition coefficient (Wildman–Crippen LogP) is 0.279. The van der Waals surface area contributed by atoms with Gasteiger partial charge in [-0.15, -0.1) is 0 Å². The van der Waals surface area contributed by atoms with Gasteiger partial charge in [0, 0.05) is 27.6 Å². The van der Waals surface area contributed by atoms with E-state index in [-0.39, 0.29) is 18.4 Å². The minimum absolute atomic E-state index is 0.120. The van der Waals surface area contributed by atoms with E-state index in [1.54, 1.807) is 29.8 Å². The molecule has 1 saturated heterocycles. The van der Waals surface area contributed by atoms with E-state index in [1.165, 1.54) is 11.8 Å². The highest BCUT2D eigenvalue weighted by Crippen LogP contribution is 2.14. The van der Waals surface area contributed by atoms with Crippen molar-refractivity contribution in [3.63, 3.8) is 0 Å². The second-order valence-electron chi connectivity index (χ2n) is 5.05. The molecule has 2 amide bonds. The van der Waals surface area contributed by atoms with Crippen LogP contribution in [0.2, 0.25) is 5.15 Å². The van der Waals surface area contributed by atoms with Crippen LogP contribution in [-0.2, 0) is 27.9 Å². The van der Waals surface area contributed by atoms with Crippen LogP contribution < -0.4 is 0 Å². The quantitative estimate of drug-likeness (QED) is 0.803. The summed E-state index contributed by atoms with van der Waals surface area (Å²) in [5.41, 5.74) is 0. The summed E-state index contributed by atoms with van der Waals surface area (Å²) in [6, 6.07) is -0.572. The Kier molecular flexibility index (Phi) is 4.84. The first-order valence-corrected chi connectivity index (χ1v) is 7.05. The van der Waals surface area contributed by atoms with Crippen LogP contribution >= 0.6 is 11.6 Å². The molecule has 0 N–H and O–H groups in total. The maximum atomic E-state index is 12.5. The summed E-state index contributed by atoms with van der Waals surface area (Å²) in [4.78, 5) is 31.4. The molecule has 0 spiro atoms. The van der Waals surface area contributed by atoms with E-state index in [0.29, 0.717) is 30.7 Å². The largest absolute Gasteiger partial charge is 0.377 e. The normalized spacial score (nSPS) is 18.7. The number of imidazole rings is 1. The molecular weight excluding hydrogens is 296 g/mol. The molecule has 8 heteroatoms. The average Bonchev–Trinajstić information content (AvgIpc) is 2.78. The lowest BCUT2D eigenvalue weighted by molar-refractivity contribution is -0.152. The zero-order chi connectivity index (χ0) is 15.6. The lowest BCUT2D eigenvalue weighted by atomic mass is 10.2. The highest BCUT2D eigenvalue weighted by atomic mass is 35.5. The summed E-state index contributed by atoms with van der Waals surface area (Å²) in [7, 11) is 3.46. The average molecular weight is 315 g/mol. The van der Waals surface area contributed by atoms with Gasteiger partial charge < -0.3 is 19.1 Å². The number of likely N-dealkylation sites (N-methyl/N-ethyl adjacent to an activating group) is 1. The number of carbonyl (C=O) groups is 2. The molecule has 1 aliphatic heterocycles. The van der Waals surface area contributed by atoms with Gasteiger partial charge in [0.25, 0.3) is 0 Å². The number of halogens is 1. The topological polar surface area (TPSA) is 67.7 Å². The number of nitrogens with zero attached hydrogens (tertiary/aromatic N) is 4. The first kappa shape index (κ1) is 15.8. The standard InChI is InChI=1S/C13H19ClN4O3/c1-9(19)18-4-5-21-8-10(18)13(20)16(2)7-12-15-6-11(14)17(12)3/h6,10H,4-5,7-8H2,1-3H3. The fraction of sp³-hybridized carbons (Fsp3) is 0.615. The molecule has 0 saturated carbocycles. The van der Waals surface area contributed by atoms with Crippen LogP contribution in [0.1, 0.15) is 12.7 Å². The Hall–Kier alpha value is -1.60. The third-order valence-electron chi connectivity index (χ3n) is 3.60. The Morgan fingerprint density at radius 1 is 1.57 bits per heavy atom. The summed E-state index contributed by atoms with van der Waals surface area (Å²) < 4.78 is 7.04. The first-order chi connectivity index (χ1) is 9.91. The second-order valence-corrected chi connectivity index (χ2v) is 5.44. The summed E-state index contributed by atoms with van der Waals surface area (Å²) in [6.45, 7) is 2.91. The molecule has 1 unspecified atom stereocenters. The fourth-order valence-corrected chi connectivity index (χ4v) is 2.45. The monoisotopic (exact) mass is 314 g/mol. The zero-order valence-corrected chi connectivity index (χ0v) is 13.1. The lowest BCUT2D eigenvalue weighted by Gasteiger charge is -2.35. The Bertz CT molecular complexity index is 546. The molecule has 116 valence electrons. The molecule has 0 aromatic carbocycles. The van der Waals surface area contributed by atoms with Crippen molar-refractivity contribution in [1.29, 1.82) is 0 Å². The van der Waals surface area contributed by atoms with E-state index < -0.39 is 6.04 Å². The van der Waals surface area contributed by atoms with Crippen molar-refractivity contribution >= 4 is 23.4 Å². The van der Waals surface area contributed by atoms with E-state index >= 15 is 0 Å². The maximum absolute atomic E-state index is 12.5. The Morgan fingerprint density at radius 3 is 2.86 bits per heavy atom. The number of aromatic nitrogens is 2. The summed E-state index contributed by atoms with van der Waals surface area (Å²) in [6.07, 6.45) is 1.54. The van der Waals surface area contributed by atoms with Crippen molar-refractivity contribution in [2.75, 3.05) is 26.8 Å². The molecule has 0 radical (unpaired) electrons. The van der Waals surface area contributed by atoms with Gasteiger partial charge in [0.2, 0.25) is 11.8 Å². The van der Waals surface area contributed by atoms with Crippen LogP contribution in [-0.4, -0.2) is 64.0 Å². The van der Waals surface area contributed by atoms with Gasteiger partial charge >= 0.3 is 0 Å². The number of hydrogen-bond donors (Lipinski definition) is 0. The molecule has 1 atom stereocenters. The molecule has 1 fully saturated rings. The summed E-state index contributed by atoms with van der Waals surface area (Å²) in [5.74, 6) is 0.399. The third-order valence-corrected chi connectivity index (χ3v) is 3.95. The van der Waals surface area contributed by atoms with Crippen molar-refractivity contribution in [2.24, 2.45) is 7.05 Å². The minimum Gasteiger partial charge on any atom is -0.377 e. The van der Waals surface area contributed by atoms with Gasteiger partial charge in [0.1, 0.15) is 17.0 Å². The van der Waals surface area contributed by atoms with Crippen LogP contribution in [0.15, 0.2) is 6.20 Å². The molecule has 1 aromatic rings. The highest BCUT2D eigenvalue weighted by molar-refractivity contribution is 6.29. The number of carbonyl (C=O) groups excluding carboxylic acids is 2. The SMILES string of the molecule is CC(=O)N1CCOCC1C(=O)N(C)Cc1ncc(Cl)n1C. The highest BCUT2D eigenvalue weighted by Gasteiger charge is 2.33. The second kappa shape index (κ2) is 6.44. The molecule has 21 heavy (non-hydrogen) atoms. The van der Waals surface area contributed by atoms with Gasteiger partial charge in [-0.3, -0.25) is 9.59 Å². The Labute approximate surface area is 128 Å². The number of ether oxygens (including phenoxy) is 1. The summed E-state index contributed by atoms with van der Waals surface area (Å²) >= 11 is 5.93. The van der Waals surface area contributed by atoms with Crippen LogP contribution in [0.5, 0.6) is 0 Å². The first-order valence-electron chi connectivity index (χ1n) is 6.68. The fourth-order valence-electron chi connectivity index (χ4n) is 2.30. The van der Waals surface area contributed by atoms with Crippen LogP contribution in [0.3, 0.4) is 0 Å². The molecule has 7 nitrogen and oxygen atoms in total. The maximum Gasteiger partial charge on any atom is 0.247 e. The lowest BCUT2D eigenvalue weighted by Crippen LogP contribution is -2.55. The van der Waals surface area contributed by atoms with Crippen molar-refractivity contribution in [2.45, 2.75) is 19.5 Å². The molecule has 2 rings (SSSR count). The predicted molar refractivity (Wildman–Crippen MR) is 76.7 cm³/mol.